The summed E-state index contributed by atoms with van der Waals surface area (Å²) in [6, 6.07) is 21.1. The molecule has 10 heteroatoms. The largest absolute Gasteiger partial charge is 0.475 e. The van der Waals surface area contributed by atoms with Crippen molar-refractivity contribution < 1.29 is 23.1 Å². The van der Waals surface area contributed by atoms with E-state index in [0.29, 0.717) is 18.5 Å². The Morgan fingerprint density at radius 2 is 1.55 bits per heavy atom. The SMILES string of the molecule is Cc1cccc(C)c1-c1cc2nc(n1)NS(=O)(=O)c1cccc(c1)C(=O)N(Cc1ccc(CC(C)(C)O)cc1)[C@H](CC(C)(C)C)CO2. The number of fused-ring (bicyclic) bond motifs is 4. The molecule has 47 heavy (non-hydrogen) atoms. The highest BCUT2D eigenvalue weighted by Gasteiger charge is 2.31. The third kappa shape index (κ3) is 8.55. The van der Waals surface area contributed by atoms with E-state index >= 15 is 0 Å². The first-order valence-electron chi connectivity index (χ1n) is 15.8. The van der Waals surface area contributed by atoms with Gasteiger partial charge in [0.25, 0.3) is 15.9 Å². The van der Waals surface area contributed by atoms with Gasteiger partial charge in [-0.2, -0.15) is 4.98 Å². The van der Waals surface area contributed by atoms with Gasteiger partial charge in [-0.3, -0.25) is 4.79 Å². The van der Waals surface area contributed by atoms with Crippen LogP contribution in [0.2, 0.25) is 0 Å². The summed E-state index contributed by atoms with van der Waals surface area (Å²) in [6.45, 7) is 14.2. The van der Waals surface area contributed by atoms with E-state index < -0.39 is 21.7 Å². The zero-order valence-corrected chi connectivity index (χ0v) is 29.0. The van der Waals surface area contributed by atoms with Crippen LogP contribution in [-0.4, -0.2) is 52.5 Å². The molecular weight excluding hydrogens is 612 g/mol. The van der Waals surface area contributed by atoms with Crippen molar-refractivity contribution in [1.29, 1.82) is 0 Å². The van der Waals surface area contributed by atoms with Crippen molar-refractivity contribution in [2.75, 3.05) is 11.3 Å². The molecule has 4 aromatic rings. The van der Waals surface area contributed by atoms with Crippen LogP contribution >= 0.6 is 0 Å². The molecule has 0 spiro atoms. The van der Waals surface area contributed by atoms with E-state index in [9.17, 15) is 18.3 Å². The Labute approximate surface area is 278 Å². The predicted octanol–water partition coefficient (Wildman–Crippen LogP) is 6.71. The number of ether oxygens (including phenoxy) is 1. The molecule has 5 rings (SSSR count). The summed E-state index contributed by atoms with van der Waals surface area (Å²) in [5.41, 5.74) is 4.44. The minimum absolute atomic E-state index is 0.0746. The van der Waals surface area contributed by atoms with Crippen molar-refractivity contribution in [3.8, 4) is 17.1 Å². The summed E-state index contributed by atoms with van der Waals surface area (Å²) < 4.78 is 36.2. The van der Waals surface area contributed by atoms with Crippen LogP contribution in [0.5, 0.6) is 5.88 Å². The van der Waals surface area contributed by atoms with Crippen LogP contribution in [0.15, 0.2) is 77.7 Å². The van der Waals surface area contributed by atoms with E-state index in [-0.39, 0.29) is 46.8 Å². The highest BCUT2D eigenvalue weighted by atomic mass is 32.2. The first kappa shape index (κ1) is 34.1. The number of carbonyl (C=O) groups excluding carboxylic acids is 1. The Kier molecular flexibility index (Phi) is 9.48. The molecule has 0 fully saturated rings. The van der Waals surface area contributed by atoms with E-state index in [0.717, 1.165) is 27.8 Å². The number of amides is 1. The lowest BCUT2D eigenvalue weighted by molar-refractivity contribution is 0.0513. The smallest absolute Gasteiger partial charge is 0.264 e. The Bertz CT molecular complexity index is 1860. The van der Waals surface area contributed by atoms with Gasteiger partial charge in [0.15, 0.2) is 0 Å². The van der Waals surface area contributed by atoms with Crippen molar-refractivity contribution in [2.45, 2.75) is 84.4 Å². The summed E-state index contributed by atoms with van der Waals surface area (Å²) in [6.07, 6.45) is 1.10. The Balaban J connectivity index is 1.63. The monoisotopic (exact) mass is 656 g/mol. The van der Waals surface area contributed by atoms with Crippen LogP contribution in [0, 0.1) is 19.3 Å². The van der Waals surface area contributed by atoms with Crippen LogP contribution in [0.25, 0.3) is 11.3 Å². The molecule has 0 unspecified atom stereocenters. The molecule has 1 aliphatic heterocycles. The number of aromatic nitrogens is 2. The topological polar surface area (TPSA) is 122 Å². The minimum atomic E-state index is -4.16. The fourth-order valence-corrected chi connectivity index (χ4v) is 6.99. The quantitative estimate of drug-likeness (QED) is 0.237. The number of rotatable bonds is 6. The molecule has 0 aliphatic carbocycles. The van der Waals surface area contributed by atoms with E-state index in [2.05, 4.69) is 35.5 Å². The molecule has 4 bridgehead atoms. The molecule has 1 aliphatic rings. The maximum Gasteiger partial charge on any atom is 0.264 e. The number of nitrogens with zero attached hydrogens (tertiary/aromatic N) is 3. The molecule has 3 aromatic carbocycles. The van der Waals surface area contributed by atoms with Gasteiger partial charge in [0.1, 0.15) is 6.61 Å². The van der Waals surface area contributed by atoms with Crippen molar-refractivity contribution in [3.63, 3.8) is 0 Å². The number of benzene rings is 3. The van der Waals surface area contributed by atoms with Crippen LogP contribution in [0.4, 0.5) is 5.95 Å². The maximum atomic E-state index is 14.4. The third-order valence-electron chi connectivity index (χ3n) is 8.04. The number of hydrogen-bond donors (Lipinski definition) is 2. The molecule has 0 radical (unpaired) electrons. The van der Waals surface area contributed by atoms with Gasteiger partial charge in [-0.05, 0) is 80.0 Å². The average Bonchev–Trinajstić information content (AvgIpc) is 2.97. The van der Waals surface area contributed by atoms with Crippen molar-refractivity contribution in [1.82, 2.24) is 14.9 Å². The molecule has 0 saturated heterocycles. The van der Waals surface area contributed by atoms with Gasteiger partial charge in [0.05, 0.1) is 22.2 Å². The van der Waals surface area contributed by atoms with Crippen molar-refractivity contribution in [3.05, 3.63) is 101 Å². The van der Waals surface area contributed by atoms with E-state index in [4.69, 9.17) is 4.74 Å². The van der Waals surface area contributed by atoms with Gasteiger partial charge in [0, 0.05) is 30.2 Å². The zero-order chi connectivity index (χ0) is 34.1. The second-order valence-electron chi connectivity index (χ2n) is 14.3. The summed E-state index contributed by atoms with van der Waals surface area (Å²) in [5.74, 6) is -0.233. The normalized spacial score (nSPS) is 16.7. The second-order valence-corrected chi connectivity index (χ2v) is 16.0. The van der Waals surface area contributed by atoms with Crippen LogP contribution < -0.4 is 9.46 Å². The molecular formula is C37H44N4O5S. The second kappa shape index (κ2) is 13.1. The van der Waals surface area contributed by atoms with E-state index in [1.165, 1.54) is 12.1 Å². The maximum absolute atomic E-state index is 14.4. The third-order valence-corrected chi connectivity index (χ3v) is 9.37. The molecule has 1 amide bonds. The van der Waals surface area contributed by atoms with E-state index in [1.807, 2.05) is 56.3 Å². The van der Waals surface area contributed by atoms with Gasteiger partial charge in [-0.15, -0.1) is 0 Å². The van der Waals surface area contributed by atoms with E-state index in [1.54, 1.807) is 36.9 Å². The zero-order valence-electron chi connectivity index (χ0n) is 28.2. The molecule has 1 atom stereocenters. The number of nitrogens with one attached hydrogen (secondary N) is 1. The highest BCUT2D eigenvalue weighted by Crippen LogP contribution is 2.32. The Morgan fingerprint density at radius 1 is 0.915 bits per heavy atom. The van der Waals surface area contributed by atoms with Crippen LogP contribution in [0.3, 0.4) is 0 Å². The molecule has 1 aromatic heterocycles. The summed E-state index contributed by atoms with van der Waals surface area (Å²) in [4.78, 5) is 25.1. The summed E-state index contributed by atoms with van der Waals surface area (Å²) >= 11 is 0. The Hall–Kier alpha value is -4.28. The van der Waals surface area contributed by atoms with Gasteiger partial charge in [-0.25, -0.2) is 18.1 Å². The number of carbonyl (C=O) groups is 1. The van der Waals surface area contributed by atoms with Gasteiger partial charge in [-0.1, -0.05) is 69.3 Å². The van der Waals surface area contributed by atoms with Gasteiger partial charge >= 0.3 is 0 Å². The van der Waals surface area contributed by atoms with Crippen molar-refractivity contribution >= 4 is 21.9 Å². The standard InChI is InChI=1S/C37H44N4O5S/c1-24-10-8-11-25(2)33(24)31-19-32-39-35(38-31)40-47(44,45)30-13-9-12-28(18-30)34(42)41(29(23-46-32)21-36(3,4)5)22-27-16-14-26(15-17-27)20-37(6,7)43/h8-19,29,43H,20-23H2,1-7H3,(H,38,39,40)/t29-/m1/s1. The van der Waals surface area contributed by atoms with Crippen LogP contribution in [-0.2, 0) is 23.0 Å². The predicted molar refractivity (Wildman–Crippen MR) is 184 cm³/mol. The fourth-order valence-electron chi connectivity index (χ4n) is 6.01. The molecule has 9 nitrogen and oxygen atoms in total. The fraction of sp³-hybridized carbons (Fsp3) is 0.378. The lowest BCUT2D eigenvalue weighted by Crippen LogP contribution is -2.45. The van der Waals surface area contributed by atoms with Gasteiger partial charge < -0.3 is 14.7 Å². The minimum Gasteiger partial charge on any atom is -0.475 e. The molecule has 0 saturated carbocycles. The highest BCUT2D eigenvalue weighted by molar-refractivity contribution is 7.92. The van der Waals surface area contributed by atoms with Crippen molar-refractivity contribution in [2.24, 2.45) is 5.41 Å². The number of aryl methyl sites for hydroxylation is 2. The number of anilines is 1. The van der Waals surface area contributed by atoms with Crippen LogP contribution in [0.1, 0.15) is 73.7 Å². The lowest BCUT2D eigenvalue weighted by atomic mass is 9.87. The van der Waals surface area contributed by atoms with Gasteiger partial charge in [0.2, 0.25) is 11.8 Å². The number of sulfonamides is 1. The molecule has 248 valence electrons. The summed E-state index contributed by atoms with van der Waals surface area (Å²) in [7, 11) is -4.16. The Morgan fingerprint density at radius 3 is 2.19 bits per heavy atom. The summed E-state index contributed by atoms with van der Waals surface area (Å²) in [5, 5.41) is 10.3. The average molecular weight is 657 g/mol. The number of hydrogen-bond acceptors (Lipinski definition) is 7. The first-order chi connectivity index (χ1) is 22.0. The lowest BCUT2D eigenvalue weighted by Gasteiger charge is -2.36. The first-order valence-corrected chi connectivity index (χ1v) is 17.3. The molecule has 2 N–H and O–H groups in total. The number of aliphatic hydroxyl groups is 1. The molecule has 2 heterocycles.